The van der Waals surface area contributed by atoms with E-state index in [4.69, 9.17) is 0 Å². The van der Waals surface area contributed by atoms with E-state index in [9.17, 15) is 0 Å². The summed E-state index contributed by atoms with van der Waals surface area (Å²) < 4.78 is 3.08. The van der Waals surface area contributed by atoms with E-state index < -0.39 is 0 Å². The van der Waals surface area contributed by atoms with Crippen molar-refractivity contribution in [2.75, 3.05) is 45.5 Å². The Morgan fingerprint density at radius 1 is 1.45 bits per heavy atom. The molecule has 0 atom stereocenters. The third kappa shape index (κ3) is 3.96. The summed E-state index contributed by atoms with van der Waals surface area (Å²) in [5.41, 5.74) is 0. The summed E-state index contributed by atoms with van der Waals surface area (Å²) in [7, 11) is 1.97. The maximum Gasteiger partial charge on any atom is 0.0206 e. The fraction of sp³-hybridized carbons (Fsp3) is 1.00. The molecule has 66 valence electrons. The summed E-state index contributed by atoms with van der Waals surface area (Å²) in [6.07, 6.45) is 0. The molecule has 2 N–H and O–H groups in total. The van der Waals surface area contributed by atoms with Gasteiger partial charge < -0.3 is 5.32 Å². The second-order valence-corrected chi connectivity index (χ2v) is 3.75. The minimum Gasteiger partial charge on any atom is -0.314 e. The average molecular weight is 175 g/mol. The monoisotopic (exact) mass is 175 g/mol. The second-order valence-electron chi connectivity index (χ2n) is 2.64. The Labute approximate surface area is 73.0 Å². The molecule has 0 saturated carbocycles. The highest BCUT2D eigenvalue weighted by Gasteiger charge is 2.07. The largest absolute Gasteiger partial charge is 0.314 e. The molecule has 1 aliphatic rings. The van der Waals surface area contributed by atoms with Gasteiger partial charge in [-0.2, -0.15) is 0 Å². The second kappa shape index (κ2) is 5.83. The molecule has 1 rings (SSSR count). The van der Waals surface area contributed by atoms with E-state index in [1.54, 1.807) is 11.9 Å². The first kappa shape index (κ1) is 9.32. The Hall–Kier alpha value is 0.230. The molecular weight excluding hydrogens is 158 g/mol. The molecule has 0 aromatic heterocycles. The van der Waals surface area contributed by atoms with E-state index in [1.165, 1.54) is 25.4 Å². The minimum atomic E-state index is 1.16. The Balaban J connectivity index is 1.96. The van der Waals surface area contributed by atoms with E-state index in [2.05, 4.69) is 14.9 Å². The van der Waals surface area contributed by atoms with Crippen molar-refractivity contribution >= 4 is 11.9 Å². The van der Waals surface area contributed by atoms with Crippen molar-refractivity contribution < 1.29 is 0 Å². The van der Waals surface area contributed by atoms with Crippen LogP contribution in [0.25, 0.3) is 0 Å². The Morgan fingerprint density at radius 2 is 2.18 bits per heavy atom. The molecule has 3 nitrogen and oxygen atoms in total. The van der Waals surface area contributed by atoms with Gasteiger partial charge in [0.05, 0.1) is 0 Å². The third-order valence-corrected chi connectivity index (χ3v) is 2.54. The van der Waals surface area contributed by atoms with Crippen LogP contribution in [-0.2, 0) is 0 Å². The summed E-state index contributed by atoms with van der Waals surface area (Å²) in [5.74, 6) is 1.19. The smallest absolute Gasteiger partial charge is 0.0206 e. The van der Waals surface area contributed by atoms with Crippen molar-refractivity contribution in [2.45, 2.75) is 0 Å². The molecule has 1 heterocycles. The van der Waals surface area contributed by atoms with Crippen molar-refractivity contribution in [1.82, 2.24) is 14.9 Å². The van der Waals surface area contributed by atoms with Crippen LogP contribution in [0.5, 0.6) is 0 Å². The van der Waals surface area contributed by atoms with Crippen LogP contribution >= 0.6 is 11.9 Å². The lowest BCUT2D eigenvalue weighted by Crippen LogP contribution is -2.44. The van der Waals surface area contributed by atoms with Gasteiger partial charge in [0.1, 0.15) is 0 Å². The standard InChI is InChI=1S/C7H17N3S/c1-8-11-7-6-10-4-2-9-3-5-10/h8-9H,2-7H2,1H3. The highest BCUT2D eigenvalue weighted by Crippen LogP contribution is 1.96. The molecule has 0 spiro atoms. The van der Waals surface area contributed by atoms with Crippen LogP contribution in [-0.4, -0.2) is 50.4 Å². The van der Waals surface area contributed by atoms with Crippen LogP contribution in [0.1, 0.15) is 0 Å². The first-order chi connectivity index (χ1) is 5.43. The van der Waals surface area contributed by atoms with Gasteiger partial charge in [0, 0.05) is 38.5 Å². The fourth-order valence-electron chi connectivity index (χ4n) is 1.21. The van der Waals surface area contributed by atoms with Gasteiger partial charge in [0.15, 0.2) is 0 Å². The molecule has 0 bridgehead atoms. The SMILES string of the molecule is CNSCCN1CCNCC1. The molecule has 0 amide bonds. The lowest BCUT2D eigenvalue weighted by molar-refractivity contribution is 0.255. The van der Waals surface area contributed by atoms with E-state index in [-0.39, 0.29) is 0 Å². The van der Waals surface area contributed by atoms with Gasteiger partial charge in [0.25, 0.3) is 0 Å². The van der Waals surface area contributed by atoms with Crippen molar-refractivity contribution in [3.8, 4) is 0 Å². The predicted octanol–water partition coefficient (Wildman–Crippen LogP) is -0.241. The van der Waals surface area contributed by atoms with E-state index in [0.717, 1.165) is 13.1 Å². The maximum absolute atomic E-state index is 3.34. The molecule has 0 aromatic rings. The number of nitrogens with zero attached hydrogens (tertiary/aromatic N) is 1. The predicted molar refractivity (Wildman–Crippen MR) is 50.8 cm³/mol. The zero-order valence-corrected chi connectivity index (χ0v) is 7.91. The molecule has 0 radical (unpaired) electrons. The third-order valence-electron chi connectivity index (χ3n) is 1.86. The van der Waals surface area contributed by atoms with Crippen LogP contribution < -0.4 is 10.0 Å². The van der Waals surface area contributed by atoms with Crippen molar-refractivity contribution in [3.05, 3.63) is 0 Å². The number of hydrogen-bond donors (Lipinski definition) is 2. The zero-order valence-electron chi connectivity index (χ0n) is 7.10. The fourth-order valence-corrected chi connectivity index (χ4v) is 1.77. The first-order valence-corrected chi connectivity index (χ1v) is 5.13. The summed E-state index contributed by atoms with van der Waals surface area (Å²) in [4.78, 5) is 2.50. The van der Waals surface area contributed by atoms with Gasteiger partial charge in [-0.1, -0.05) is 11.9 Å². The van der Waals surface area contributed by atoms with Gasteiger partial charge in [-0.15, -0.1) is 0 Å². The van der Waals surface area contributed by atoms with Crippen molar-refractivity contribution in [1.29, 1.82) is 0 Å². The van der Waals surface area contributed by atoms with Crippen LogP contribution in [0.15, 0.2) is 0 Å². The lowest BCUT2D eigenvalue weighted by atomic mass is 10.4. The first-order valence-electron chi connectivity index (χ1n) is 4.15. The Morgan fingerprint density at radius 3 is 2.82 bits per heavy atom. The van der Waals surface area contributed by atoms with Gasteiger partial charge in [-0.25, -0.2) is 0 Å². The topological polar surface area (TPSA) is 27.3 Å². The zero-order chi connectivity index (χ0) is 7.94. The van der Waals surface area contributed by atoms with Gasteiger partial charge in [-0.05, 0) is 7.05 Å². The van der Waals surface area contributed by atoms with Gasteiger partial charge >= 0.3 is 0 Å². The summed E-state index contributed by atoms with van der Waals surface area (Å²) in [6.45, 7) is 5.95. The molecule has 11 heavy (non-hydrogen) atoms. The van der Waals surface area contributed by atoms with E-state index in [0.29, 0.717) is 0 Å². The number of rotatable bonds is 4. The van der Waals surface area contributed by atoms with E-state index in [1.807, 2.05) is 7.05 Å². The van der Waals surface area contributed by atoms with Crippen molar-refractivity contribution in [3.63, 3.8) is 0 Å². The molecule has 1 aliphatic heterocycles. The highest BCUT2D eigenvalue weighted by molar-refractivity contribution is 7.97. The van der Waals surface area contributed by atoms with Crippen LogP contribution in [0, 0.1) is 0 Å². The van der Waals surface area contributed by atoms with Crippen LogP contribution in [0.3, 0.4) is 0 Å². The molecule has 4 heteroatoms. The molecule has 0 aliphatic carbocycles. The number of nitrogens with one attached hydrogen (secondary N) is 2. The number of hydrogen-bond acceptors (Lipinski definition) is 4. The molecule has 0 unspecified atom stereocenters. The maximum atomic E-state index is 3.34. The molecule has 1 fully saturated rings. The molecule has 1 saturated heterocycles. The highest BCUT2D eigenvalue weighted by atomic mass is 32.2. The summed E-state index contributed by atoms with van der Waals surface area (Å²) in [5, 5.41) is 3.34. The lowest BCUT2D eigenvalue weighted by Gasteiger charge is -2.26. The van der Waals surface area contributed by atoms with E-state index >= 15 is 0 Å². The van der Waals surface area contributed by atoms with Gasteiger partial charge in [-0.3, -0.25) is 9.62 Å². The Bertz CT molecular complexity index is 93.7. The van der Waals surface area contributed by atoms with Crippen LogP contribution in [0.2, 0.25) is 0 Å². The quantitative estimate of drug-likeness (QED) is 0.455. The van der Waals surface area contributed by atoms with Crippen molar-refractivity contribution in [2.24, 2.45) is 0 Å². The summed E-state index contributed by atoms with van der Waals surface area (Å²) in [6, 6.07) is 0. The van der Waals surface area contributed by atoms with Crippen LogP contribution in [0.4, 0.5) is 0 Å². The Kier molecular flexibility index (Phi) is 4.94. The number of piperazine rings is 1. The van der Waals surface area contributed by atoms with Gasteiger partial charge in [0.2, 0.25) is 0 Å². The molecular formula is C7H17N3S. The molecule has 0 aromatic carbocycles. The normalized spacial score (nSPS) is 20.5. The summed E-state index contributed by atoms with van der Waals surface area (Å²) >= 11 is 1.79. The minimum absolute atomic E-state index is 1.16. The average Bonchev–Trinajstić information content (AvgIpc) is 2.07.